The number of nitrogens with zero attached hydrogens (tertiary/aromatic N) is 1. The number of hydrogen-bond acceptors (Lipinski definition) is 4. The second kappa shape index (κ2) is 7.23. The summed E-state index contributed by atoms with van der Waals surface area (Å²) in [6, 6.07) is 10.3. The van der Waals surface area contributed by atoms with Crippen LogP contribution in [0.25, 0.3) is 0 Å². The van der Waals surface area contributed by atoms with E-state index in [-0.39, 0.29) is 5.56 Å². The monoisotopic (exact) mass is 406 g/mol. The number of carbonyl (C=O) groups excluding carboxylic acids is 3. The molecule has 0 atom stereocenters. The Morgan fingerprint density at radius 2 is 1.79 bits per heavy atom. The van der Waals surface area contributed by atoms with Gasteiger partial charge >= 0.3 is 12.1 Å². The van der Waals surface area contributed by atoms with Crippen molar-refractivity contribution in [2.45, 2.75) is 25.6 Å². The highest BCUT2D eigenvalue weighted by Gasteiger charge is 2.43. The fourth-order valence-corrected chi connectivity index (χ4v) is 3.00. The zero-order valence-electron chi connectivity index (χ0n) is 15.5. The van der Waals surface area contributed by atoms with Gasteiger partial charge in [0.1, 0.15) is 5.54 Å². The van der Waals surface area contributed by atoms with Crippen molar-refractivity contribution in [3.05, 3.63) is 59.7 Å². The van der Waals surface area contributed by atoms with E-state index in [1.807, 2.05) is 0 Å². The first-order chi connectivity index (χ1) is 13.5. The molecule has 6 nitrogen and oxygen atoms in total. The molecule has 0 radical (unpaired) electrons. The van der Waals surface area contributed by atoms with Gasteiger partial charge in [0.25, 0.3) is 5.91 Å². The van der Waals surface area contributed by atoms with Gasteiger partial charge in [-0.1, -0.05) is 18.2 Å². The average Bonchev–Trinajstić information content (AvgIpc) is 2.66. The maximum atomic E-state index is 12.8. The number of nitrogens with one attached hydrogen (secondary N) is 1. The quantitative estimate of drug-likeness (QED) is 0.790. The molecule has 0 saturated carbocycles. The van der Waals surface area contributed by atoms with Crippen LogP contribution in [0.3, 0.4) is 0 Å². The van der Waals surface area contributed by atoms with Crippen LogP contribution in [0, 0.1) is 0 Å². The molecule has 0 bridgehead atoms. The van der Waals surface area contributed by atoms with Crippen molar-refractivity contribution in [2.24, 2.45) is 0 Å². The molecule has 0 saturated heterocycles. The predicted molar refractivity (Wildman–Crippen MR) is 98.4 cm³/mol. The number of halogens is 3. The number of amides is 2. The molecule has 2 amide bonds. The molecule has 2 aromatic rings. The van der Waals surface area contributed by atoms with E-state index in [4.69, 9.17) is 4.74 Å². The van der Waals surface area contributed by atoms with Crippen LogP contribution >= 0.6 is 0 Å². The number of alkyl halides is 3. The Bertz CT molecular complexity index is 986. The first kappa shape index (κ1) is 20.4. The van der Waals surface area contributed by atoms with Crippen molar-refractivity contribution in [1.82, 2.24) is 0 Å². The smallest absolute Gasteiger partial charge is 0.416 e. The van der Waals surface area contributed by atoms with Crippen molar-refractivity contribution in [3.63, 3.8) is 0 Å². The number of para-hydroxylation sites is 2. The lowest BCUT2D eigenvalue weighted by Crippen LogP contribution is -2.59. The van der Waals surface area contributed by atoms with Gasteiger partial charge < -0.3 is 10.1 Å². The van der Waals surface area contributed by atoms with Crippen LogP contribution in [0.15, 0.2) is 48.5 Å². The molecule has 1 heterocycles. The summed E-state index contributed by atoms with van der Waals surface area (Å²) in [4.78, 5) is 38.5. The Balaban J connectivity index is 1.79. The van der Waals surface area contributed by atoms with Gasteiger partial charge in [0.15, 0.2) is 6.61 Å². The second-order valence-corrected chi connectivity index (χ2v) is 6.91. The molecule has 1 aliphatic rings. The van der Waals surface area contributed by atoms with Crippen LogP contribution in [0.4, 0.5) is 24.5 Å². The summed E-state index contributed by atoms with van der Waals surface area (Å²) in [7, 11) is 0. The van der Waals surface area contributed by atoms with E-state index in [1.165, 1.54) is 18.7 Å². The summed E-state index contributed by atoms with van der Waals surface area (Å²) < 4.78 is 43.3. The standard InChI is InChI=1S/C20H17F3N2O4/c1-19(2)18(28)24-14-8-3-4-9-15(14)25(19)16(26)11-29-17(27)12-6-5-7-13(10-12)20(21,22)23/h3-10H,11H2,1-2H3,(H,24,28). The molecule has 2 aromatic carbocycles. The fraction of sp³-hybridized carbons (Fsp3) is 0.250. The molecular formula is C20H17F3N2O4. The van der Waals surface area contributed by atoms with Gasteiger partial charge in [0.2, 0.25) is 5.91 Å². The van der Waals surface area contributed by atoms with Gasteiger partial charge in [0, 0.05) is 0 Å². The average molecular weight is 406 g/mol. The highest BCUT2D eigenvalue weighted by Crippen LogP contribution is 2.36. The van der Waals surface area contributed by atoms with Gasteiger partial charge in [-0.3, -0.25) is 14.5 Å². The van der Waals surface area contributed by atoms with Crippen molar-refractivity contribution in [3.8, 4) is 0 Å². The highest BCUT2D eigenvalue weighted by molar-refractivity contribution is 6.14. The number of rotatable bonds is 3. The summed E-state index contributed by atoms with van der Waals surface area (Å²) >= 11 is 0. The third-order valence-corrected chi connectivity index (χ3v) is 4.51. The van der Waals surface area contributed by atoms with Crippen molar-refractivity contribution < 1.29 is 32.3 Å². The summed E-state index contributed by atoms with van der Waals surface area (Å²) in [5, 5.41) is 2.70. The lowest BCUT2D eigenvalue weighted by molar-refractivity contribution is -0.137. The Morgan fingerprint density at radius 1 is 1.10 bits per heavy atom. The van der Waals surface area contributed by atoms with Crippen LogP contribution in [-0.4, -0.2) is 29.9 Å². The minimum atomic E-state index is -4.61. The summed E-state index contributed by atoms with van der Waals surface area (Å²) in [6.45, 7) is 2.33. The third-order valence-electron chi connectivity index (χ3n) is 4.51. The topological polar surface area (TPSA) is 75.7 Å². The van der Waals surface area contributed by atoms with Crippen molar-refractivity contribution >= 4 is 29.2 Å². The maximum absolute atomic E-state index is 12.8. The molecule has 0 aromatic heterocycles. The second-order valence-electron chi connectivity index (χ2n) is 6.91. The Morgan fingerprint density at radius 3 is 2.48 bits per heavy atom. The van der Waals surface area contributed by atoms with E-state index < -0.39 is 41.7 Å². The minimum Gasteiger partial charge on any atom is -0.452 e. The van der Waals surface area contributed by atoms with E-state index in [0.717, 1.165) is 18.2 Å². The first-order valence-electron chi connectivity index (χ1n) is 8.60. The van der Waals surface area contributed by atoms with Crippen LogP contribution in [0.2, 0.25) is 0 Å². The predicted octanol–water partition coefficient (Wildman–Crippen LogP) is 3.63. The number of carbonyl (C=O) groups is 3. The molecule has 0 aliphatic carbocycles. The molecule has 0 fully saturated rings. The molecule has 0 unspecified atom stereocenters. The summed E-state index contributed by atoms with van der Waals surface area (Å²) in [6.07, 6.45) is -4.61. The van der Waals surface area contributed by atoms with Crippen molar-refractivity contribution in [2.75, 3.05) is 16.8 Å². The zero-order chi connectivity index (χ0) is 21.4. The lowest BCUT2D eigenvalue weighted by atomic mass is 9.96. The number of anilines is 2. The molecule has 29 heavy (non-hydrogen) atoms. The van der Waals surface area contributed by atoms with E-state index in [0.29, 0.717) is 17.4 Å². The van der Waals surface area contributed by atoms with Gasteiger partial charge in [-0.05, 0) is 44.2 Å². The summed E-state index contributed by atoms with van der Waals surface area (Å²) in [5.74, 6) is -2.18. The van der Waals surface area contributed by atoms with Gasteiger partial charge in [-0.2, -0.15) is 13.2 Å². The maximum Gasteiger partial charge on any atom is 0.416 e. The number of esters is 1. The summed E-state index contributed by atoms with van der Waals surface area (Å²) in [5.41, 5.74) is -1.73. The molecule has 152 valence electrons. The van der Waals surface area contributed by atoms with Crippen molar-refractivity contribution in [1.29, 1.82) is 0 Å². The molecule has 9 heteroatoms. The third kappa shape index (κ3) is 3.94. The lowest BCUT2D eigenvalue weighted by Gasteiger charge is -2.41. The molecular weight excluding hydrogens is 389 g/mol. The van der Waals surface area contributed by atoms with E-state index in [2.05, 4.69) is 5.32 Å². The van der Waals surface area contributed by atoms with Crippen LogP contribution in [0.5, 0.6) is 0 Å². The van der Waals surface area contributed by atoms with E-state index in [9.17, 15) is 27.6 Å². The molecule has 1 N–H and O–H groups in total. The number of ether oxygens (including phenoxy) is 1. The number of benzene rings is 2. The van der Waals surface area contributed by atoms with Gasteiger partial charge in [0.05, 0.1) is 22.5 Å². The minimum absolute atomic E-state index is 0.330. The van der Waals surface area contributed by atoms with Crippen LogP contribution in [0.1, 0.15) is 29.8 Å². The number of hydrogen-bond donors (Lipinski definition) is 1. The molecule has 3 rings (SSSR count). The molecule has 0 spiro atoms. The zero-order valence-corrected chi connectivity index (χ0v) is 15.5. The van der Waals surface area contributed by atoms with Gasteiger partial charge in [-0.15, -0.1) is 0 Å². The Hall–Kier alpha value is -3.36. The van der Waals surface area contributed by atoms with E-state index in [1.54, 1.807) is 24.3 Å². The largest absolute Gasteiger partial charge is 0.452 e. The Kier molecular flexibility index (Phi) is 5.08. The fourth-order valence-electron chi connectivity index (χ4n) is 3.00. The van der Waals surface area contributed by atoms with E-state index >= 15 is 0 Å². The van der Waals surface area contributed by atoms with Crippen LogP contribution < -0.4 is 10.2 Å². The first-order valence-corrected chi connectivity index (χ1v) is 8.60. The highest BCUT2D eigenvalue weighted by atomic mass is 19.4. The Labute approximate surface area is 164 Å². The normalized spacial score (nSPS) is 15.3. The van der Waals surface area contributed by atoms with Crippen LogP contribution in [-0.2, 0) is 20.5 Å². The molecule has 1 aliphatic heterocycles. The number of fused-ring (bicyclic) bond motifs is 1. The SMILES string of the molecule is CC1(C)C(=O)Nc2ccccc2N1C(=O)COC(=O)c1cccc(C(F)(F)F)c1. The van der Waals surface area contributed by atoms with Gasteiger partial charge in [-0.25, -0.2) is 4.79 Å².